The Morgan fingerprint density at radius 2 is 2.14 bits per heavy atom. The second-order valence-corrected chi connectivity index (χ2v) is 5.62. The molecule has 0 radical (unpaired) electrons. The molecule has 0 bridgehead atoms. The first-order chi connectivity index (χ1) is 10.2. The molecule has 0 saturated carbocycles. The summed E-state index contributed by atoms with van der Waals surface area (Å²) in [7, 11) is 3.22. The van der Waals surface area contributed by atoms with E-state index in [-0.39, 0.29) is 11.2 Å². The predicted molar refractivity (Wildman–Crippen MR) is 81.1 cm³/mol. The molecule has 3 rings (SSSR count). The number of carbonyl (C=O) groups excluding carboxylic acids is 1. The number of aromatic amines is 1. The average Bonchev–Trinajstić information content (AvgIpc) is 2.89. The van der Waals surface area contributed by atoms with Crippen molar-refractivity contribution in [3.05, 3.63) is 35.5 Å². The van der Waals surface area contributed by atoms with Crippen molar-refractivity contribution in [1.82, 2.24) is 10.2 Å². The lowest BCUT2D eigenvalue weighted by atomic mass is 10.0. The van der Waals surface area contributed by atoms with Crippen molar-refractivity contribution in [2.24, 2.45) is 0 Å². The molecule has 1 aliphatic heterocycles. The summed E-state index contributed by atoms with van der Waals surface area (Å²) in [5, 5.41) is 9.62. The van der Waals surface area contributed by atoms with Crippen LogP contribution < -0.4 is 14.8 Å². The summed E-state index contributed by atoms with van der Waals surface area (Å²) >= 11 is 1.53. The van der Waals surface area contributed by atoms with Gasteiger partial charge in [-0.1, -0.05) is 12.1 Å². The summed E-state index contributed by atoms with van der Waals surface area (Å²) in [4.78, 5) is 11.8. The van der Waals surface area contributed by atoms with E-state index in [1.54, 1.807) is 20.4 Å². The quantitative estimate of drug-likeness (QED) is 0.909. The Labute approximate surface area is 126 Å². The summed E-state index contributed by atoms with van der Waals surface area (Å²) in [5.41, 5.74) is 1.89. The molecule has 6 nitrogen and oxygen atoms in total. The number of ether oxygens (including phenoxy) is 2. The van der Waals surface area contributed by atoms with Crippen LogP contribution in [0.4, 0.5) is 5.82 Å². The van der Waals surface area contributed by atoms with E-state index in [0.29, 0.717) is 23.1 Å². The van der Waals surface area contributed by atoms with Crippen LogP contribution in [0.3, 0.4) is 0 Å². The third kappa shape index (κ3) is 2.44. The number of thioether (sulfide) groups is 1. The van der Waals surface area contributed by atoms with E-state index in [2.05, 4.69) is 15.5 Å². The molecule has 2 aromatic rings. The van der Waals surface area contributed by atoms with Gasteiger partial charge in [0.2, 0.25) is 5.91 Å². The number of fused-ring (bicyclic) bond motifs is 1. The van der Waals surface area contributed by atoms with E-state index in [1.807, 2.05) is 18.2 Å². The van der Waals surface area contributed by atoms with Gasteiger partial charge in [0.1, 0.15) is 5.82 Å². The minimum absolute atomic E-state index is 0.0464. The highest BCUT2D eigenvalue weighted by molar-refractivity contribution is 8.00. The lowest BCUT2D eigenvalue weighted by Crippen LogP contribution is -2.12. The average molecular weight is 305 g/mol. The molecule has 0 fully saturated rings. The van der Waals surface area contributed by atoms with Gasteiger partial charge in [0, 0.05) is 11.1 Å². The molecular formula is C14H15N3O3S. The highest BCUT2D eigenvalue weighted by Crippen LogP contribution is 2.46. The molecule has 0 unspecified atom stereocenters. The standard InChI is InChI=1S/C14H15N3O3S/c1-19-10-5-3-4-8(12(10)20-2)13-9-6-15-17-14(9)16-11(18)7-21-13/h3-6,13H,7H2,1-2H3,(H2,15,16,17,18)/t13-/m0/s1. The highest BCUT2D eigenvalue weighted by atomic mass is 32.2. The van der Waals surface area contributed by atoms with Gasteiger partial charge in [-0.15, -0.1) is 11.8 Å². The van der Waals surface area contributed by atoms with Crippen molar-refractivity contribution >= 4 is 23.5 Å². The first kappa shape index (κ1) is 13.8. The third-order valence-corrected chi connectivity index (χ3v) is 4.58. The summed E-state index contributed by atoms with van der Waals surface area (Å²) in [5.74, 6) is 2.31. The fourth-order valence-corrected chi connectivity index (χ4v) is 3.51. The molecule has 1 aliphatic rings. The summed E-state index contributed by atoms with van der Waals surface area (Å²) in [6.45, 7) is 0. The highest BCUT2D eigenvalue weighted by Gasteiger charge is 2.28. The third-order valence-electron chi connectivity index (χ3n) is 3.31. The van der Waals surface area contributed by atoms with Gasteiger partial charge in [-0.25, -0.2) is 0 Å². The monoisotopic (exact) mass is 305 g/mol. The van der Waals surface area contributed by atoms with Crippen molar-refractivity contribution in [1.29, 1.82) is 0 Å². The van der Waals surface area contributed by atoms with Gasteiger partial charge in [0.15, 0.2) is 11.5 Å². The van der Waals surface area contributed by atoms with Crippen LogP contribution in [0.5, 0.6) is 11.5 Å². The molecule has 1 atom stereocenters. The number of H-pyrrole nitrogens is 1. The van der Waals surface area contributed by atoms with Crippen molar-refractivity contribution in [3.63, 3.8) is 0 Å². The number of para-hydroxylation sites is 1. The van der Waals surface area contributed by atoms with Gasteiger partial charge in [-0.3, -0.25) is 9.89 Å². The Morgan fingerprint density at radius 1 is 1.29 bits per heavy atom. The summed E-state index contributed by atoms with van der Waals surface area (Å²) in [6, 6.07) is 5.74. The lowest BCUT2D eigenvalue weighted by molar-refractivity contribution is -0.113. The molecule has 0 saturated heterocycles. The van der Waals surface area contributed by atoms with Crippen molar-refractivity contribution in [2.45, 2.75) is 5.25 Å². The molecule has 21 heavy (non-hydrogen) atoms. The topological polar surface area (TPSA) is 76.2 Å². The number of benzene rings is 1. The molecule has 1 amide bonds. The van der Waals surface area contributed by atoms with Gasteiger partial charge in [0.25, 0.3) is 0 Å². The van der Waals surface area contributed by atoms with E-state index < -0.39 is 0 Å². The van der Waals surface area contributed by atoms with Gasteiger partial charge in [0.05, 0.1) is 31.4 Å². The number of rotatable bonds is 3. The molecule has 0 spiro atoms. The zero-order valence-corrected chi connectivity index (χ0v) is 12.5. The molecule has 2 heterocycles. The maximum absolute atomic E-state index is 11.8. The van der Waals surface area contributed by atoms with E-state index >= 15 is 0 Å². The molecule has 7 heteroatoms. The number of hydrogen-bond acceptors (Lipinski definition) is 5. The second-order valence-electron chi connectivity index (χ2n) is 4.52. The zero-order chi connectivity index (χ0) is 14.8. The Hall–Kier alpha value is -2.15. The van der Waals surface area contributed by atoms with Crippen LogP contribution in [0.25, 0.3) is 0 Å². The minimum atomic E-state index is -0.0530. The maximum Gasteiger partial charge on any atom is 0.235 e. The van der Waals surface area contributed by atoms with Gasteiger partial charge < -0.3 is 14.8 Å². The van der Waals surface area contributed by atoms with Gasteiger partial charge in [-0.05, 0) is 6.07 Å². The predicted octanol–water partition coefficient (Wildman–Crippen LogP) is 2.20. The molecular weight excluding hydrogens is 290 g/mol. The Balaban J connectivity index is 2.11. The SMILES string of the molecule is COc1cccc([C@@H]2SCC(=O)Nc3[nH]ncc32)c1OC. The largest absolute Gasteiger partial charge is 0.493 e. The molecule has 0 aliphatic carbocycles. The number of aromatic nitrogens is 2. The van der Waals surface area contributed by atoms with Crippen LogP contribution in [0.2, 0.25) is 0 Å². The number of amides is 1. The smallest absolute Gasteiger partial charge is 0.235 e. The first-order valence-corrected chi connectivity index (χ1v) is 7.45. The van der Waals surface area contributed by atoms with E-state index in [0.717, 1.165) is 11.1 Å². The molecule has 1 aromatic carbocycles. The van der Waals surface area contributed by atoms with Crippen LogP contribution in [-0.4, -0.2) is 36.1 Å². The zero-order valence-electron chi connectivity index (χ0n) is 11.7. The number of nitrogens with zero attached hydrogens (tertiary/aromatic N) is 1. The van der Waals surface area contributed by atoms with Gasteiger partial charge in [-0.2, -0.15) is 5.10 Å². The molecule has 2 N–H and O–H groups in total. The van der Waals surface area contributed by atoms with E-state index in [9.17, 15) is 4.79 Å². The van der Waals surface area contributed by atoms with Crippen molar-refractivity contribution in [3.8, 4) is 11.5 Å². The number of methoxy groups -OCH3 is 2. The Bertz CT molecular complexity index is 671. The van der Waals surface area contributed by atoms with Crippen molar-refractivity contribution in [2.75, 3.05) is 25.3 Å². The second kappa shape index (κ2) is 5.69. The Kier molecular flexibility index (Phi) is 3.74. The summed E-state index contributed by atoms with van der Waals surface area (Å²) < 4.78 is 10.9. The maximum atomic E-state index is 11.8. The minimum Gasteiger partial charge on any atom is -0.493 e. The lowest BCUT2D eigenvalue weighted by Gasteiger charge is -2.19. The summed E-state index contributed by atoms with van der Waals surface area (Å²) in [6.07, 6.45) is 1.73. The van der Waals surface area contributed by atoms with E-state index in [1.165, 1.54) is 11.8 Å². The van der Waals surface area contributed by atoms with Crippen LogP contribution in [0, 0.1) is 0 Å². The normalized spacial score (nSPS) is 17.6. The van der Waals surface area contributed by atoms with Gasteiger partial charge >= 0.3 is 0 Å². The van der Waals surface area contributed by atoms with E-state index in [4.69, 9.17) is 9.47 Å². The Morgan fingerprint density at radius 3 is 2.90 bits per heavy atom. The van der Waals surface area contributed by atoms with Crippen LogP contribution in [0.15, 0.2) is 24.4 Å². The molecule has 110 valence electrons. The fraction of sp³-hybridized carbons (Fsp3) is 0.286. The van der Waals surface area contributed by atoms with Crippen LogP contribution in [0.1, 0.15) is 16.4 Å². The number of anilines is 1. The number of nitrogens with one attached hydrogen (secondary N) is 2. The van der Waals surface area contributed by atoms with Crippen molar-refractivity contribution < 1.29 is 14.3 Å². The first-order valence-electron chi connectivity index (χ1n) is 6.40. The number of carbonyl (C=O) groups is 1. The number of hydrogen-bond donors (Lipinski definition) is 2. The fourth-order valence-electron chi connectivity index (χ4n) is 2.39. The van der Waals surface area contributed by atoms with Crippen LogP contribution in [-0.2, 0) is 4.79 Å². The van der Waals surface area contributed by atoms with Crippen LogP contribution >= 0.6 is 11.8 Å². The molecule has 1 aromatic heterocycles.